The highest BCUT2D eigenvalue weighted by Crippen LogP contribution is 2.28. The van der Waals surface area contributed by atoms with Crippen LogP contribution in [0.15, 0.2) is 53.1 Å². The molecular formula is C22H22N4O3. The van der Waals surface area contributed by atoms with Crippen LogP contribution >= 0.6 is 0 Å². The Bertz CT molecular complexity index is 1050. The van der Waals surface area contributed by atoms with Gasteiger partial charge < -0.3 is 9.84 Å². The Labute approximate surface area is 168 Å². The minimum atomic E-state index is -0.286. The number of likely N-dealkylation sites (N-methyl/N-ethyl adjacent to an activating group) is 1. The first-order chi connectivity index (χ1) is 14.1. The second-order valence-electron chi connectivity index (χ2n) is 7.17. The van der Waals surface area contributed by atoms with Crippen LogP contribution in [-0.2, 0) is 12.8 Å². The normalized spacial score (nSPS) is 14.3. The van der Waals surface area contributed by atoms with Gasteiger partial charge in [-0.05, 0) is 44.2 Å². The third kappa shape index (κ3) is 3.82. The molecule has 29 heavy (non-hydrogen) atoms. The monoisotopic (exact) mass is 390 g/mol. The molecule has 4 rings (SSSR count). The number of fused-ring (bicyclic) bond motifs is 1. The van der Waals surface area contributed by atoms with Crippen LogP contribution in [0.3, 0.4) is 0 Å². The van der Waals surface area contributed by atoms with Gasteiger partial charge in [0.2, 0.25) is 0 Å². The summed E-state index contributed by atoms with van der Waals surface area (Å²) in [6.07, 6.45) is 1.26. The van der Waals surface area contributed by atoms with Crippen LogP contribution < -0.4 is 5.32 Å². The molecule has 1 aliphatic rings. The minimum absolute atomic E-state index is 0.220. The molecule has 1 N–H and O–H groups in total. The number of imide groups is 1. The van der Waals surface area contributed by atoms with Gasteiger partial charge in [0.05, 0.1) is 11.1 Å². The van der Waals surface area contributed by atoms with Crippen molar-refractivity contribution in [3.05, 3.63) is 71.0 Å². The fraction of sp³-hybridized carbons (Fsp3) is 0.273. The molecule has 0 aliphatic carbocycles. The van der Waals surface area contributed by atoms with Crippen molar-refractivity contribution in [2.75, 3.05) is 13.6 Å². The maximum Gasteiger partial charge on any atom is 0.261 e. The number of nitrogens with zero attached hydrogens (tertiary/aromatic N) is 3. The Morgan fingerprint density at radius 2 is 1.83 bits per heavy atom. The van der Waals surface area contributed by atoms with Gasteiger partial charge in [-0.1, -0.05) is 35.5 Å². The summed E-state index contributed by atoms with van der Waals surface area (Å²) in [6.45, 7) is 2.37. The molecule has 7 nitrogen and oxygen atoms in total. The first kappa shape index (κ1) is 19.0. The summed E-state index contributed by atoms with van der Waals surface area (Å²) in [7, 11) is 1.87. The van der Waals surface area contributed by atoms with Crippen LogP contribution in [0.5, 0.6) is 0 Å². The van der Waals surface area contributed by atoms with Crippen LogP contribution in [-0.4, -0.2) is 46.5 Å². The lowest BCUT2D eigenvalue weighted by atomic mass is 10.1. The fourth-order valence-corrected chi connectivity index (χ4v) is 3.34. The highest BCUT2D eigenvalue weighted by atomic mass is 16.5. The van der Waals surface area contributed by atoms with Gasteiger partial charge in [0.25, 0.3) is 17.7 Å². The van der Waals surface area contributed by atoms with E-state index in [9.17, 15) is 9.59 Å². The Morgan fingerprint density at radius 3 is 2.59 bits per heavy atom. The second kappa shape index (κ2) is 7.97. The topological polar surface area (TPSA) is 88.3 Å². The van der Waals surface area contributed by atoms with Crippen molar-refractivity contribution in [3.8, 4) is 11.5 Å². The summed E-state index contributed by atoms with van der Waals surface area (Å²) >= 11 is 0. The molecule has 0 radical (unpaired) electrons. The lowest BCUT2D eigenvalue weighted by Crippen LogP contribution is -2.31. The van der Waals surface area contributed by atoms with Gasteiger partial charge in [-0.15, -0.1) is 0 Å². The average Bonchev–Trinajstić information content (AvgIpc) is 3.30. The summed E-state index contributed by atoms with van der Waals surface area (Å²) in [5.41, 5.74) is 2.50. The van der Waals surface area contributed by atoms with Crippen molar-refractivity contribution in [1.29, 1.82) is 0 Å². The summed E-state index contributed by atoms with van der Waals surface area (Å²) in [5, 5.41) is 7.12. The molecule has 148 valence electrons. The Hall–Kier alpha value is -3.32. The van der Waals surface area contributed by atoms with Gasteiger partial charge >= 0.3 is 0 Å². The van der Waals surface area contributed by atoms with Crippen molar-refractivity contribution < 1.29 is 14.1 Å². The zero-order valence-corrected chi connectivity index (χ0v) is 16.4. The summed E-state index contributed by atoms with van der Waals surface area (Å²) in [5.74, 6) is 0.385. The zero-order chi connectivity index (χ0) is 20.4. The summed E-state index contributed by atoms with van der Waals surface area (Å²) in [6, 6.07) is 15.1. The standard InChI is InChI=1S/C22H22N4O3/c1-14(23-2)12-19-24-20(29-25-19)16-8-9-17-18(13-16)22(28)26(21(17)27)11-10-15-6-4-3-5-7-15/h3-9,13-14,23H,10-12H2,1-2H3. The highest BCUT2D eigenvalue weighted by Gasteiger charge is 2.35. The number of aromatic nitrogens is 2. The summed E-state index contributed by atoms with van der Waals surface area (Å²) in [4.78, 5) is 31.2. The van der Waals surface area contributed by atoms with E-state index in [4.69, 9.17) is 4.52 Å². The molecule has 0 bridgehead atoms. The third-order valence-electron chi connectivity index (χ3n) is 5.13. The predicted octanol–water partition coefficient (Wildman–Crippen LogP) is 2.73. The van der Waals surface area contributed by atoms with E-state index in [1.807, 2.05) is 44.3 Å². The van der Waals surface area contributed by atoms with Crippen LogP contribution in [0, 0.1) is 0 Å². The lowest BCUT2D eigenvalue weighted by Gasteiger charge is -2.13. The maximum atomic E-state index is 12.8. The van der Waals surface area contributed by atoms with Crippen LogP contribution in [0.1, 0.15) is 39.0 Å². The largest absolute Gasteiger partial charge is 0.334 e. The SMILES string of the molecule is CNC(C)Cc1noc(-c2ccc3c(c2)C(=O)N(CCc2ccccc2)C3=O)n1. The smallest absolute Gasteiger partial charge is 0.261 e. The summed E-state index contributed by atoms with van der Waals surface area (Å²) < 4.78 is 5.35. The Balaban J connectivity index is 1.52. The van der Waals surface area contributed by atoms with E-state index in [2.05, 4.69) is 15.5 Å². The van der Waals surface area contributed by atoms with E-state index < -0.39 is 0 Å². The van der Waals surface area contributed by atoms with E-state index in [0.717, 1.165) is 5.56 Å². The van der Waals surface area contributed by atoms with Gasteiger partial charge in [0.1, 0.15) is 0 Å². The molecule has 2 amide bonds. The minimum Gasteiger partial charge on any atom is -0.334 e. The Morgan fingerprint density at radius 1 is 1.07 bits per heavy atom. The molecule has 1 atom stereocenters. The van der Waals surface area contributed by atoms with Crippen molar-refractivity contribution >= 4 is 11.8 Å². The number of amides is 2. The average molecular weight is 390 g/mol. The van der Waals surface area contributed by atoms with Crippen molar-refractivity contribution in [2.45, 2.75) is 25.8 Å². The number of nitrogens with one attached hydrogen (secondary N) is 1. The molecular weight excluding hydrogens is 368 g/mol. The van der Waals surface area contributed by atoms with E-state index in [1.165, 1.54) is 4.90 Å². The first-order valence-corrected chi connectivity index (χ1v) is 9.61. The molecule has 7 heteroatoms. The van der Waals surface area contributed by atoms with E-state index >= 15 is 0 Å². The van der Waals surface area contributed by atoms with Gasteiger partial charge in [0, 0.05) is 24.6 Å². The molecule has 0 fully saturated rings. The first-order valence-electron chi connectivity index (χ1n) is 9.61. The number of carbonyl (C=O) groups is 2. The van der Waals surface area contributed by atoms with Crippen LogP contribution in [0.2, 0.25) is 0 Å². The molecule has 1 unspecified atom stereocenters. The molecule has 3 aromatic rings. The van der Waals surface area contributed by atoms with Crippen molar-refractivity contribution in [1.82, 2.24) is 20.4 Å². The highest BCUT2D eigenvalue weighted by molar-refractivity contribution is 6.21. The molecule has 1 aliphatic heterocycles. The number of rotatable bonds is 7. The van der Waals surface area contributed by atoms with Crippen molar-refractivity contribution in [3.63, 3.8) is 0 Å². The molecule has 0 saturated carbocycles. The number of hydrogen-bond donors (Lipinski definition) is 1. The van der Waals surface area contributed by atoms with Gasteiger partial charge in [0.15, 0.2) is 5.82 Å². The molecule has 2 heterocycles. The lowest BCUT2D eigenvalue weighted by molar-refractivity contribution is 0.0656. The van der Waals surface area contributed by atoms with Gasteiger partial charge in [-0.2, -0.15) is 4.98 Å². The fourth-order valence-electron chi connectivity index (χ4n) is 3.34. The van der Waals surface area contributed by atoms with Crippen LogP contribution in [0.25, 0.3) is 11.5 Å². The third-order valence-corrected chi connectivity index (χ3v) is 5.13. The Kier molecular flexibility index (Phi) is 5.22. The van der Waals surface area contributed by atoms with E-state index in [1.54, 1.807) is 18.2 Å². The number of benzene rings is 2. The van der Waals surface area contributed by atoms with Crippen molar-refractivity contribution in [2.24, 2.45) is 0 Å². The molecule has 0 saturated heterocycles. The maximum absolute atomic E-state index is 12.8. The quantitative estimate of drug-likeness (QED) is 0.624. The van der Waals surface area contributed by atoms with E-state index in [-0.39, 0.29) is 17.9 Å². The number of hydrogen-bond acceptors (Lipinski definition) is 6. The zero-order valence-electron chi connectivity index (χ0n) is 16.4. The van der Waals surface area contributed by atoms with E-state index in [0.29, 0.717) is 47.8 Å². The molecule has 1 aromatic heterocycles. The predicted molar refractivity (Wildman–Crippen MR) is 107 cm³/mol. The van der Waals surface area contributed by atoms with Gasteiger partial charge in [-0.3, -0.25) is 14.5 Å². The molecule has 2 aromatic carbocycles. The second-order valence-corrected chi connectivity index (χ2v) is 7.17. The number of carbonyl (C=O) groups excluding carboxylic acids is 2. The van der Waals surface area contributed by atoms with Crippen LogP contribution in [0.4, 0.5) is 0 Å². The molecule has 0 spiro atoms. The van der Waals surface area contributed by atoms with Gasteiger partial charge in [-0.25, -0.2) is 0 Å².